The molecule has 1 aromatic rings. The standard InChI is InChI=1S/C13H17BrN2O2/c1-8-4-5-16(12(8)7-17)13(18)9-2-3-10(14)11(15)6-9/h2-3,6,8,12,17H,4-5,7,15H2,1H3. The van der Waals surface area contributed by atoms with Gasteiger partial charge in [-0.1, -0.05) is 6.92 Å². The highest BCUT2D eigenvalue weighted by molar-refractivity contribution is 9.10. The van der Waals surface area contributed by atoms with Crippen molar-refractivity contribution < 1.29 is 9.90 Å². The second-order valence-corrected chi connectivity index (χ2v) is 5.61. The van der Waals surface area contributed by atoms with Crippen LogP contribution in [0.1, 0.15) is 23.7 Å². The molecule has 0 aromatic heterocycles. The summed E-state index contributed by atoms with van der Waals surface area (Å²) in [5, 5.41) is 9.38. The van der Waals surface area contributed by atoms with Crippen LogP contribution in [0, 0.1) is 5.92 Å². The predicted molar refractivity (Wildman–Crippen MR) is 74.2 cm³/mol. The average Bonchev–Trinajstić information content (AvgIpc) is 2.73. The lowest BCUT2D eigenvalue weighted by atomic mass is 10.0. The molecule has 0 spiro atoms. The number of anilines is 1. The first-order valence-corrected chi connectivity index (χ1v) is 6.80. The van der Waals surface area contributed by atoms with Gasteiger partial charge in [-0.05, 0) is 46.5 Å². The Morgan fingerprint density at radius 1 is 1.61 bits per heavy atom. The van der Waals surface area contributed by atoms with Gasteiger partial charge in [0.1, 0.15) is 0 Å². The van der Waals surface area contributed by atoms with E-state index in [1.54, 1.807) is 23.1 Å². The summed E-state index contributed by atoms with van der Waals surface area (Å²) in [6, 6.07) is 5.11. The fourth-order valence-electron chi connectivity index (χ4n) is 2.38. The van der Waals surface area contributed by atoms with Gasteiger partial charge in [0.25, 0.3) is 5.91 Å². The summed E-state index contributed by atoms with van der Waals surface area (Å²) in [5.74, 6) is 0.282. The highest BCUT2D eigenvalue weighted by Gasteiger charge is 2.34. The van der Waals surface area contributed by atoms with Gasteiger partial charge in [-0.25, -0.2) is 0 Å². The molecular formula is C13H17BrN2O2. The van der Waals surface area contributed by atoms with E-state index in [-0.39, 0.29) is 18.6 Å². The van der Waals surface area contributed by atoms with Crippen LogP contribution in [0.3, 0.4) is 0 Å². The Morgan fingerprint density at radius 3 is 2.94 bits per heavy atom. The minimum atomic E-state index is -0.0811. The van der Waals surface area contributed by atoms with Crippen molar-refractivity contribution in [3.05, 3.63) is 28.2 Å². The van der Waals surface area contributed by atoms with Crippen LogP contribution in [0.5, 0.6) is 0 Å². The van der Waals surface area contributed by atoms with Gasteiger partial charge in [0.15, 0.2) is 0 Å². The minimum absolute atomic E-state index is 0.0128. The third kappa shape index (κ3) is 2.37. The van der Waals surface area contributed by atoms with Gasteiger partial charge in [0.2, 0.25) is 0 Å². The van der Waals surface area contributed by atoms with Crippen molar-refractivity contribution in [3.63, 3.8) is 0 Å². The summed E-state index contributed by atoms with van der Waals surface area (Å²) >= 11 is 3.31. The number of rotatable bonds is 2. The number of carbonyl (C=O) groups excluding carboxylic acids is 1. The Labute approximate surface area is 115 Å². The molecule has 2 atom stereocenters. The number of hydrogen-bond donors (Lipinski definition) is 2. The number of nitrogens with zero attached hydrogens (tertiary/aromatic N) is 1. The molecule has 0 bridgehead atoms. The second-order valence-electron chi connectivity index (χ2n) is 4.75. The summed E-state index contributed by atoms with van der Waals surface area (Å²) in [7, 11) is 0. The first-order valence-electron chi connectivity index (χ1n) is 6.01. The average molecular weight is 313 g/mol. The number of aliphatic hydroxyl groups is 1. The molecule has 98 valence electrons. The van der Waals surface area contributed by atoms with Crippen molar-refractivity contribution in [2.45, 2.75) is 19.4 Å². The molecule has 1 heterocycles. The molecular weight excluding hydrogens is 296 g/mol. The fraction of sp³-hybridized carbons (Fsp3) is 0.462. The normalized spacial score (nSPS) is 23.4. The monoisotopic (exact) mass is 312 g/mol. The third-order valence-electron chi connectivity index (χ3n) is 3.57. The highest BCUT2D eigenvalue weighted by atomic mass is 79.9. The molecule has 5 heteroatoms. The van der Waals surface area contributed by atoms with Gasteiger partial charge >= 0.3 is 0 Å². The maximum atomic E-state index is 12.4. The van der Waals surface area contributed by atoms with E-state index in [1.807, 2.05) is 0 Å². The number of halogens is 1. The molecule has 1 aliphatic rings. The van der Waals surface area contributed by atoms with Crippen LogP contribution >= 0.6 is 15.9 Å². The Hall–Kier alpha value is -1.07. The topological polar surface area (TPSA) is 66.6 Å². The third-order valence-corrected chi connectivity index (χ3v) is 4.30. The number of aliphatic hydroxyl groups excluding tert-OH is 1. The number of hydrogen-bond acceptors (Lipinski definition) is 3. The molecule has 2 unspecified atom stereocenters. The molecule has 18 heavy (non-hydrogen) atoms. The van der Waals surface area contributed by atoms with Gasteiger partial charge in [0, 0.05) is 22.3 Å². The predicted octanol–water partition coefficient (Wildman–Crippen LogP) is 1.87. The van der Waals surface area contributed by atoms with Gasteiger partial charge in [-0.3, -0.25) is 4.79 Å². The van der Waals surface area contributed by atoms with E-state index in [0.29, 0.717) is 23.7 Å². The van der Waals surface area contributed by atoms with E-state index >= 15 is 0 Å². The smallest absolute Gasteiger partial charge is 0.254 e. The van der Waals surface area contributed by atoms with Gasteiger partial charge < -0.3 is 15.7 Å². The first-order chi connectivity index (χ1) is 8.54. The highest BCUT2D eigenvalue weighted by Crippen LogP contribution is 2.27. The van der Waals surface area contributed by atoms with Crippen molar-refractivity contribution in [2.24, 2.45) is 5.92 Å². The second kappa shape index (κ2) is 5.28. The van der Waals surface area contributed by atoms with Crippen molar-refractivity contribution in [1.82, 2.24) is 4.90 Å². The van der Waals surface area contributed by atoms with E-state index < -0.39 is 0 Å². The molecule has 3 N–H and O–H groups in total. The molecule has 0 aliphatic carbocycles. The summed E-state index contributed by atoms with van der Waals surface area (Å²) in [6.45, 7) is 2.77. The zero-order chi connectivity index (χ0) is 13.3. The SMILES string of the molecule is CC1CCN(C(=O)c2ccc(Br)c(N)c2)C1CO. The Balaban J connectivity index is 2.23. The van der Waals surface area contributed by atoms with Crippen LogP contribution in [0.4, 0.5) is 5.69 Å². The first kappa shape index (κ1) is 13.4. The Kier molecular flexibility index (Phi) is 3.92. The minimum Gasteiger partial charge on any atom is -0.398 e. The maximum Gasteiger partial charge on any atom is 0.254 e. The summed E-state index contributed by atoms with van der Waals surface area (Å²) < 4.78 is 0.785. The Morgan fingerprint density at radius 2 is 2.33 bits per heavy atom. The van der Waals surface area contributed by atoms with E-state index in [2.05, 4.69) is 22.9 Å². The molecule has 1 aromatic carbocycles. The number of amides is 1. The summed E-state index contributed by atoms with van der Waals surface area (Å²) in [6.07, 6.45) is 0.934. The van der Waals surface area contributed by atoms with E-state index in [0.717, 1.165) is 10.9 Å². The van der Waals surface area contributed by atoms with Crippen molar-refractivity contribution >= 4 is 27.5 Å². The zero-order valence-corrected chi connectivity index (χ0v) is 11.9. The molecule has 1 fully saturated rings. The van der Waals surface area contributed by atoms with Crippen LogP contribution in [0.25, 0.3) is 0 Å². The van der Waals surface area contributed by atoms with Gasteiger partial charge in [-0.15, -0.1) is 0 Å². The molecule has 1 amide bonds. The van der Waals surface area contributed by atoms with Crippen LogP contribution in [-0.2, 0) is 0 Å². The lowest BCUT2D eigenvalue weighted by Gasteiger charge is -2.25. The number of nitrogen functional groups attached to an aromatic ring is 1. The van der Waals surface area contributed by atoms with Crippen molar-refractivity contribution in [1.29, 1.82) is 0 Å². The quantitative estimate of drug-likeness (QED) is 0.819. The van der Waals surface area contributed by atoms with Crippen LogP contribution in [0.15, 0.2) is 22.7 Å². The van der Waals surface area contributed by atoms with Gasteiger partial charge in [0.05, 0.1) is 12.6 Å². The van der Waals surface area contributed by atoms with Crippen molar-refractivity contribution in [3.8, 4) is 0 Å². The number of likely N-dealkylation sites (tertiary alicyclic amines) is 1. The zero-order valence-electron chi connectivity index (χ0n) is 10.3. The molecule has 1 saturated heterocycles. The van der Waals surface area contributed by atoms with Crippen molar-refractivity contribution in [2.75, 3.05) is 18.9 Å². The van der Waals surface area contributed by atoms with E-state index in [4.69, 9.17) is 5.73 Å². The molecule has 1 aliphatic heterocycles. The number of nitrogens with two attached hydrogens (primary N) is 1. The summed E-state index contributed by atoms with van der Waals surface area (Å²) in [4.78, 5) is 14.1. The molecule has 2 rings (SSSR count). The fourth-order valence-corrected chi connectivity index (χ4v) is 2.63. The molecule has 0 saturated carbocycles. The van der Waals surface area contributed by atoms with Crippen LogP contribution < -0.4 is 5.73 Å². The van der Waals surface area contributed by atoms with Crippen LogP contribution in [0.2, 0.25) is 0 Å². The number of carbonyl (C=O) groups is 1. The van der Waals surface area contributed by atoms with Gasteiger partial charge in [-0.2, -0.15) is 0 Å². The summed E-state index contributed by atoms with van der Waals surface area (Å²) in [5.41, 5.74) is 6.91. The molecule has 0 radical (unpaired) electrons. The van der Waals surface area contributed by atoms with E-state index in [1.165, 1.54) is 0 Å². The largest absolute Gasteiger partial charge is 0.398 e. The lowest BCUT2D eigenvalue weighted by Crippen LogP contribution is -2.39. The lowest BCUT2D eigenvalue weighted by molar-refractivity contribution is 0.0648. The molecule has 4 nitrogen and oxygen atoms in total. The van der Waals surface area contributed by atoms with E-state index in [9.17, 15) is 9.90 Å². The Bertz CT molecular complexity index is 464. The number of benzene rings is 1. The maximum absolute atomic E-state index is 12.4. The van der Waals surface area contributed by atoms with Crippen LogP contribution in [-0.4, -0.2) is 35.1 Å².